The number of rotatable bonds is 6. The van der Waals surface area contributed by atoms with E-state index in [9.17, 15) is 0 Å². The number of anilines is 2. The highest BCUT2D eigenvalue weighted by molar-refractivity contribution is 5.79. The van der Waals surface area contributed by atoms with Gasteiger partial charge in [-0.25, -0.2) is 4.98 Å². The molecule has 1 aromatic heterocycles. The second-order valence-corrected chi connectivity index (χ2v) is 7.43. The summed E-state index contributed by atoms with van der Waals surface area (Å²) in [5.74, 6) is 1.05. The lowest BCUT2D eigenvalue weighted by molar-refractivity contribution is 0.271. The lowest BCUT2D eigenvalue weighted by Crippen LogP contribution is -2.39. The first kappa shape index (κ1) is 19.2. The second-order valence-electron chi connectivity index (χ2n) is 7.43. The van der Waals surface area contributed by atoms with Crippen molar-refractivity contribution in [3.8, 4) is 22.3 Å². The van der Waals surface area contributed by atoms with E-state index in [2.05, 4.69) is 94.7 Å². The molecule has 5 heteroatoms. The van der Waals surface area contributed by atoms with Crippen molar-refractivity contribution in [1.82, 2.24) is 14.9 Å². The number of nitrogens with zero attached hydrogens (tertiary/aromatic N) is 3. The fraction of sp³-hybridized carbons (Fsp3) is 0.250. The Morgan fingerprint density at radius 3 is 2.45 bits per heavy atom. The molecule has 1 unspecified atom stereocenters. The molecular weight excluding hydrogens is 358 g/mol. The summed E-state index contributed by atoms with van der Waals surface area (Å²) >= 11 is 0. The summed E-state index contributed by atoms with van der Waals surface area (Å²) in [5.41, 5.74) is 11.6. The third-order valence-electron chi connectivity index (χ3n) is 5.31. The highest BCUT2D eigenvalue weighted by atomic mass is 15.3. The quantitative estimate of drug-likeness (QED) is 0.601. The standard InChI is InChI=1S/C24H27N5/c1-3-22(29-12-4-5-13-29)27-23-21(16-26-24(25)28-23)20-11-7-10-19(15-20)18-9-6-8-17(2)14-18/h4-11,14-16,22H,3,12-13H2,1-2H3,(H3,25,26,27,28). The van der Waals surface area contributed by atoms with Crippen LogP contribution in [0.3, 0.4) is 0 Å². The van der Waals surface area contributed by atoms with Crippen LogP contribution in [-0.4, -0.2) is 34.1 Å². The van der Waals surface area contributed by atoms with Crippen molar-refractivity contribution < 1.29 is 0 Å². The van der Waals surface area contributed by atoms with Gasteiger partial charge in [0.15, 0.2) is 0 Å². The molecule has 0 spiro atoms. The summed E-state index contributed by atoms with van der Waals surface area (Å²) in [5, 5.41) is 3.60. The molecule has 0 amide bonds. The van der Waals surface area contributed by atoms with E-state index in [1.807, 2.05) is 6.20 Å². The van der Waals surface area contributed by atoms with E-state index in [-0.39, 0.29) is 12.1 Å². The zero-order valence-corrected chi connectivity index (χ0v) is 17.0. The van der Waals surface area contributed by atoms with Crippen molar-refractivity contribution in [2.45, 2.75) is 26.4 Å². The predicted molar refractivity (Wildman–Crippen MR) is 120 cm³/mol. The average Bonchev–Trinajstić information content (AvgIpc) is 3.27. The summed E-state index contributed by atoms with van der Waals surface area (Å²) in [4.78, 5) is 11.2. The Balaban J connectivity index is 1.69. The van der Waals surface area contributed by atoms with Crippen molar-refractivity contribution in [2.24, 2.45) is 0 Å². The number of aryl methyl sites for hydroxylation is 1. The zero-order chi connectivity index (χ0) is 20.2. The third kappa shape index (κ3) is 4.30. The first-order chi connectivity index (χ1) is 14.1. The number of aromatic nitrogens is 2. The van der Waals surface area contributed by atoms with Gasteiger partial charge in [0.05, 0.1) is 6.17 Å². The van der Waals surface area contributed by atoms with Crippen LogP contribution in [0.4, 0.5) is 11.8 Å². The van der Waals surface area contributed by atoms with Gasteiger partial charge in [-0.3, -0.25) is 4.90 Å². The van der Waals surface area contributed by atoms with Crippen molar-refractivity contribution >= 4 is 11.8 Å². The monoisotopic (exact) mass is 385 g/mol. The minimum absolute atomic E-state index is 0.193. The number of nitrogens with two attached hydrogens (primary N) is 1. The SMILES string of the molecule is CCC(Nc1nc(N)ncc1-c1cccc(-c2cccc(C)c2)c1)N1CC=CC1. The number of nitrogen functional groups attached to an aromatic ring is 1. The van der Waals surface area contributed by atoms with Gasteiger partial charge in [-0.05, 0) is 36.1 Å². The Labute approximate surface area is 172 Å². The van der Waals surface area contributed by atoms with Crippen molar-refractivity contribution in [3.05, 3.63) is 72.4 Å². The first-order valence-corrected chi connectivity index (χ1v) is 10.1. The number of nitrogens with one attached hydrogen (secondary N) is 1. The van der Waals surface area contributed by atoms with Gasteiger partial charge in [-0.2, -0.15) is 4.98 Å². The minimum atomic E-state index is 0.193. The van der Waals surface area contributed by atoms with Crippen LogP contribution in [0.15, 0.2) is 66.9 Å². The van der Waals surface area contributed by atoms with Crippen molar-refractivity contribution in [3.63, 3.8) is 0 Å². The molecule has 2 heterocycles. The summed E-state index contributed by atoms with van der Waals surface area (Å²) < 4.78 is 0. The first-order valence-electron chi connectivity index (χ1n) is 10.1. The Bertz CT molecular complexity index is 1020. The Hall–Kier alpha value is -3.18. The summed E-state index contributed by atoms with van der Waals surface area (Å²) in [6.07, 6.45) is 7.37. The van der Waals surface area contributed by atoms with E-state index in [4.69, 9.17) is 5.73 Å². The van der Waals surface area contributed by atoms with Gasteiger partial charge >= 0.3 is 0 Å². The van der Waals surface area contributed by atoms with Gasteiger partial charge in [0.2, 0.25) is 5.95 Å². The molecule has 1 atom stereocenters. The van der Waals surface area contributed by atoms with E-state index >= 15 is 0 Å². The summed E-state index contributed by atoms with van der Waals surface area (Å²) in [7, 11) is 0. The van der Waals surface area contributed by atoms with Gasteiger partial charge < -0.3 is 11.1 Å². The fourth-order valence-corrected chi connectivity index (χ4v) is 3.77. The van der Waals surface area contributed by atoms with Crippen LogP contribution in [0.2, 0.25) is 0 Å². The van der Waals surface area contributed by atoms with Gasteiger partial charge in [-0.1, -0.05) is 67.1 Å². The van der Waals surface area contributed by atoms with E-state index < -0.39 is 0 Å². The molecule has 2 aromatic carbocycles. The van der Waals surface area contributed by atoms with Crippen LogP contribution >= 0.6 is 0 Å². The third-order valence-corrected chi connectivity index (χ3v) is 5.31. The van der Waals surface area contributed by atoms with Crippen LogP contribution in [0.5, 0.6) is 0 Å². The molecule has 0 saturated carbocycles. The highest BCUT2D eigenvalue weighted by Gasteiger charge is 2.20. The number of hydrogen-bond donors (Lipinski definition) is 2. The average molecular weight is 386 g/mol. The molecular formula is C24H27N5. The van der Waals surface area contributed by atoms with Crippen LogP contribution in [0.25, 0.3) is 22.3 Å². The van der Waals surface area contributed by atoms with Gasteiger partial charge in [-0.15, -0.1) is 0 Å². The molecule has 4 rings (SSSR count). The fourth-order valence-electron chi connectivity index (χ4n) is 3.77. The molecule has 29 heavy (non-hydrogen) atoms. The summed E-state index contributed by atoms with van der Waals surface area (Å²) in [6.45, 7) is 6.19. The molecule has 5 nitrogen and oxygen atoms in total. The molecule has 0 bridgehead atoms. The molecule has 0 aliphatic carbocycles. The Morgan fingerprint density at radius 1 is 1.03 bits per heavy atom. The van der Waals surface area contributed by atoms with E-state index in [0.29, 0.717) is 0 Å². The maximum Gasteiger partial charge on any atom is 0.221 e. The Kier molecular flexibility index (Phi) is 5.58. The van der Waals surface area contributed by atoms with Crippen molar-refractivity contribution in [1.29, 1.82) is 0 Å². The number of benzene rings is 2. The molecule has 3 N–H and O–H groups in total. The van der Waals surface area contributed by atoms with Gasteiger partial charge in [0.1, 0.15) is 5.82 Å². The van der Waals surface area contributed by atoms with Crippen LogP contribution in [-0.2, 0) is 0 Å². The van der Waals surface area contributed by atoms with Gasteiger partial charge in [0, 0.05) is 24.8 Å². The zero-order valence-electron chi connectivity index (χ0n) is 17.0. The summed E-state index contributed by atoms with van der Waals surface area (Å²) in [6, 6.07) is 17.0. The lowest BCUT2D eigenvalue weighted by atomic mass is 9.99. The van der Waals surface area contributed by atoms with Gasteiger partial charge in [0.25, 0.3) is 0 Å². The highest BCUT2D eigenvalue weighted by Crippen LogP contribution is 2.31. The molecule has 1 aliphatic heterocycles. The number of hydrogen-bond acceptors (Lipinski definition) is 5. The molecule has 148 valence electrons. The largest absolute Gasteiger partial charge is 0.368 e. The maximum absolute atomic E-state index is 5.93. The topological polar surface area (TPSA) is 67.1 Å². The van der Waals surface area contributed by atoms with Crippen molar-refractivity contribution in [2.75, 3.05) is 24.1 Å². The normalized spacial score (nSPS) is 14.8. The smallest absolute Gasteiger partial charge is 0.221 e. The van der Waals surface area contributed by atoms with Crippen LogP contribution in [0, 0.1) is 6.92 Å². The minimum Gasteiger partial charge on any atom is -0.368 e. The van der Waals surface area contributed by atoms with E-state index in [1.165, 1.54) is 16.7 Å². The lowest BCUT2D eigenvalue weighted by Gasteiger charge is -2.28. The molecule has 0 saturated heterocycles. The van der Waals surface area contributed by atoms with Crippen LogP contribution < -0.4 is 11.1 Å². The van der Waals surface area contributed by atoms with Crippen LogP contribution in [0.1, 0.15) is 18.9 Å². The molecule has 1 aliphatic rings. The molecule has 0 fully saturated rings. The Morgan fingerprint density at radius 2 is 1.72 bits per heavy atom. The predicted octanol–water partition coefficient (Wildman–Crippen LogP) is 4.72. The molecule has 0 radical (unpaired) electrons. The van der Waals surface area contributed by atoms with E-state index in [0.717, 1.165) is 36.5 Å². The maximum atomic E-state index is 5.93. The molecule has 3 aromatic rings. The second kappa shape index (κ2) is 8.45. The van der Waals surface area contributed by atoms with E-state index in [1.54, 1.807) is 0 Å².